The van der Waals surface area contributed by atoms with E-state index >= 15 is 0 Å². The van der Waals surface area contributed by atoms with E-state index in [0.717, 1.165) is 23.2 Å². The number of hydrogen-bond donors (Lipinski definition) is 2. The van der Waals surface area contributed by atoms with Crippen molar-refractivity contribution < 1.29 is 17.9 Å². The van der Waals surface area contributed by atoms with E-state index in [0.29, 0.717) is 31.2 Å². The molecule has 3 heterocycles. The number of aromatic nitrogens is 3. The van der Waals surface area contributed by atoms with Crippen molar-refractivity contribution in [1.29, 1.82) is 0 Å². The van der Waals surface area contributed by atoms with E-state index in [1.165, 1.54) is 0 Å². The highest BCUT2D eigenvalue weighted by Gasteiger charge is 2.28. The summed E-state index contributed by atoms with van der Waals surface area (Å²) >= 11 is 0. The minimum atomic E-state index is -3.44. The van der Waals surface area contributed by atoms with Crippen LogP contribution in [0, 0.1) is 0 Å². The van der Waals surface area contributed by atoms with Crippen LogP contribution in [0.1, 0.15) is 18.3 Å². The van der Waals surface area contributed by atoms with Crippen LogP contribution in [0.15, 0.2) is 18.3 Å². The molecule has 3 rings (SSSR count). The Kier molecular flexibility index (Phi) is 4.97. The highest BCUT2D eigenvalue weighted by atomic mass is 32.2. The smallest absolute Gasteiger partial charge is 0.240 e. The van der Waals surface area contributed by atoms with Crippen molar-refractivity contribution >= 4 is 15.9 Å². The number of fused-ring (bicyclic) bond motifs is 1. The highest BCUT2D eigenvalue weighted by Crippen LogP contribution is 2.23. The minimum absolute atomic E-state index is 0.261. The average molecular weight is 379 g/mol. The monoisotopic (exact) mass is 379 g/mol. The standard InChI is InChI=1S/C16H21N5O4S/c1-10(20-26(3,23)24)16(22)21-7-6-12-13(9-21)19-15(18-12)11-4-5-14(25-2)17-8-11/h4-5,8,10,20H,6-7,9H2,1-3H3,(H,18,19)/t10-/m0/s1. The topological polar surface area (TPSA) is 117 Å². The van der Waals surface area contributed by atoms with E-state index in [9.17, 15) is 13.2 Å². The van der Waals surface area contributed by atoms with Crippen molar-refractivity contribution in [2.24, 2.45) is 0 Å². The van der Waals surface area contributed by atoms with E-state index < -0.39 is 16.1 Å². The van der Waals surface area contributed by atoms with Gasteiger partial charge < -0.3 is 14.6 Å². The number of carbonyl (C=O) groups excluding carboxylic acids is 1. The molecule has 26 heavy (non-hydrogen) atoms. The summed E-state index contributed by atoms with van der Waals surface area (Å²) in [5.41, 5.74) is 2.58. The molecule has 2 aromatic rings. The number of pyridine rings is 1. The highest BCUT2D eigenvalue weighted by molar-refractivity contribution is 7.88. The van der Waals surface area contributed by atoms with Crippen molar-refractivity contribution in [1.82, 2.24) is 24.6 Å². The molecule has 140 valence electrons. The molecule has 1 amide bonds. The number of amides is 1. The number of nitrogens with one attached hydrogen (secondary N) is 2. The van der Waals surface area contributed by atoms with Crippen LogP contribution < -0.4 is 9.46 Å². The van der Waals surface area contributed by atoms with Gasteiger partial charge in [-0.25, -0.2) is 23.1 Å². The van der Waals surface area contributed by atoms with Crippen LogP contribution in [0.25, 0.3) is 11.4 Å². The van der Waals surface area contributed by atoms with Crippen LogP contribution in [0.4, 0.5) is 0 Å². The summed E-state index contributed by atoms with van der Waals surface area (Å²) in [5.74, 6) is 0.944. The first-order valence-electron chi connectivity index (χ1n) is 8.11. The molecule has 0 unspecified atom stereocenters. The lowest BCUT2D eigenvalue weighted by molar-refractivity contribution is -0.133. The Labute approximate surface area is 151 Å². The summed E-state index contributed by atoms with van der Waals surface area (Å²) in [6.07, 6.45) is 3.31. The number of imidazole rings is 1. The van der Waals surface area contributed by atoms with Crippen LogP contribution in [0.5, 0.6) is 5.88 Å². The minimum Gasteiger partial charge on any atom is -0.481 e. The van der Waals surface area contributed by atoms with Gasteiger partial charge in [-0.2, -0.15) is 0 Å². The van der Waals surface area contributed by atoms with Gasteiger partial charge in [-0.15, -0.1) is 0 Å². The molecule has 2 aromatic heterocycles. The molecule has 9 nitrogen and oxygen atoms in total. The lowest BCUT2D eigenvalue weighted by atomic mass is 10.1. The number of sulfonamides is 1. The van der Waals surface area contributed by atoms with Gasteiger partial charge in [0.25, 0.3) is 0 Å². The molecule has 0 bridgehead atoms. The second-order valence-electron chi connectivity index (χ2n) is 6.22. The maximum atomic E-state index is 12.5. The fourth-order valence-electron chi connectivity index (χ4n) is 2.91. The van der Waals surface area contributed by atoms with Gasteiger partial charge in [-0.1, -0.05) is 0 Å². The molecular formula is C16H21N5O4S. The normalized spacial score (nSPS) is 15.4. The van der Waals surface area contributed by atoms with Crippen molar-refractivity contribution in [2.75, 3.05) is 19.9 Å². The SMILES string of the molecule is COc1ccc(-c2nc3c([nH]2)CN(C(=O)[C@H](C)NS(C)(=O)=O)CC3)cn1. The molecule has 1 aliphatic heterocycles. The van der Waals surface area contributed by atoms with Gasteiger partial charge >= 0.3 is 0 Å². The maximum Gasteiger partial charge on any atom is 0.240 e. The zero-order valence-corrected chi connectivity index (χ0v) is 15.6. The van der Waals surface area contributed by atoms with E-state index in [1.807, 2.05) is 6.07 Å². The van der Waals surface area contributed by atoms with E-state index in [1.54, 1.807) is 31.2 Å². The second-order valence-corrected chi connectivity index (χ2v) is 8.00. The molecule has 0 fully saturated rings. The predicted octanol–water partition coefficient (Wildman–Crippen LogP) is 0.303. The first-order valence-corrected chi connectivity index (χ1v) is 10.00. The zero-order valence-electron chi connectivity index (χ0n) is 14.8. The third-order valence-electron chi connectivity index (χ3n) is 4.12. The summed E-state index contributed by atoms with van der Waals surface area (Å²) in [4.78, 5) is 26.1. The molecule has 0 aliphatic carbocycles. The van der Waals surface area contributed by atoms with Gasteiger partial charge in [0.1, 0.15) is 5.82 Å². The first kappa shape index (κ1) is 18.3. The summed E-state index contributed by atoms with van der Waals surface area (Å²) in [5, 5.41) is 0. The summed E-state index contributed by atoms with van der Waals surface area (Å²) in [7, 11) is -1.89. The van der Waals surface area contributed by atoms with Gasteiger partial charge in [0.15, 0.2) is 0 Å². The van der Waals surface area contributed by atoms with Crippen LogP contribution >= 0.6 is 0 Å². The lowest BCUT2D eigenvalue weighted by Gasteiger charge is -2.28. The number of aromatic amines is 1. The Bertz CT molecular complexity index is 907. The lowest BCUT2D eigenvalue weighted by Crippen LogP contribution is -2.48. The Morgan fingerprint density at radius 3 is 2.81 bits per heavy atom. The summed E-state index contributed by atoms with van der Waals surface area (Å²) < 4.78 is 30.0. The largest absolute Gasteiger partial charge is 0.481 e. The quantitative estimate of drug-likeness (QED) is 0.772. The van der Waals surface area contributed by atoms with Gasteiger partial charge in [-0.05, 0) is 13.0 Å². The molecule has 0 spiro atoms. The van der Waals surface area contributed by atoms with Crippen molar-refractivity contribution in [3.05, 3.63) is 29.7 Å². The van der Waals surface area contributed by atoms with Crippen LogP contribution in [0.3, 0.4) is 0 Å². The van der Waals surface area contributed by atoms with Gasteiger partial charge in [0.05, 0.1) is 37.3 Å². The zero-order chi connectivity index (χ0) is 18.9. The van der Waals surface area contributed by atoms with Gasteiger partial charge in [0, 0.05) is 30.8 Å². The number of carbonyl (C=O) groups is 1. The second kappa shape index (κ2) is 7.04. The molecule has 1 atom stereocenters. The Morgan fingerprint density at radius 2 is 2.19 bits per heavy atom. The molecule has 0 radical (unpaired) electrons. The third kappa shape index (κ3) is 4.02. The number of ether oxygens (including phenoxy) is 1. The summed E-state index contributed by atoms with van der Waals surface area (Å²) in [6.45, 7) is 2.40. The first-order chi connectivity index (χ1) is 12.3. The van der Waals surface area contributed by atoms with Crippen molar-refractivity contribution in [2.45, 2.75) is 25.9 Å². The number of methoxy groups -OCH3 is 1. The van der Waals surface area contributed by atoms with Crippen molar-refractivity contribution in [3.8, 4) is 17.3 Å². The summed E-state index contributed by atoms with van der Waals surface area (Å²) in [6, 6.07) is 2.81. The third-order valence-corrected chi connectivity index (χ3v) is 4.91. The molecule has 1 aliphatic rings. The molecular weight excluding hydrogens is 358 g/mol. The van der Waals surface area contributed by atoms with Crippen LogP contribution in [-0.4, -0.2) is 60.1 Å². The number of H-pyrrole nitrogens is 1. The Morgan fingerprint density at radius 1 is 1.42 bits per heavy atom. The molecule has 0 saturated carbocycles. The van der Waals surface area contributed by atoms with Crippen LogP contribution in [-0.2, 0) is 27.8 Å². The molecule has 0 aromatic carbocycles. The maximum absolute atomic E-state index is 12.5. The van der Waals surface area contributed by atoms with E-state index in [-0.39, 0.29) is 5.91 Å². The number of rotatable bonds is 5. The van der Waals surface area contributed by atoms with Gasteiger partial charge in [0.2, 0.25) is 21.8 Å². The number of nitrogens with zero attached hydrogens (tertiary/aromatic N) is 3. The van der Waals surface area contributed by atoms with Crippen molar-refractivity contribution in [3.63, 3.8) is 0 Å². The molecule has 2 N–H and O–H groups in total. The van der Waals surface area contributed by atoms with Gasteiger partial charge in [-0.3, -0.25) is 4.79 Å². The van der Waals surface area contributed by atoms with E-state index in [2.05, 4.69) is 19.7 Å². The Balaban J connectivity index is 1.74. The molecule has 10 heteroatoms. The van der Waals surface area contributed by atoms with E-state index in [4.69, 9.17) is 4.74 Å². The predicted molar refractivity (Wildman–Crippen MR) is 94.9 cm³/mol. The number of hydrogen-bond acceptors (Lipinski definition) is 6. The fraction of sp³-hybridized carbons (Fsp3) is 0.438. The average Bonchev–Trinajstić information content (AvgIpc) is 3.02. The Hall–Kier alpha value is -2.46. The van der Waals surface area contributed by atoms with Crippen LogP contribution in [0.2, 0.25) is 0 Å². The molecule has 0 saturated heterocycles. The fourth-order valence-corrected chi connectivity index (χ4v) is 3.65.